The van der Waals surface area contributed by atoms with Crippen LogP contribution in [0.15, 0.2) is 60.9 Å². The van der Waals surface area contributed by atoms with Gasteiger partial charge in [0.05, 0.1) is 21.3 Å². The van der Waals surface area contributed by atoms with Crippen LogP contribution in [-0.4, -0.2) is 26.3 Å². The Hall–Kier alpha value is -3.52. The van der Waals surface area contributed by atoms with Gasteiger partial charge in [-0.25, -0.2) is 9.97 Å². The monoisotopic (exact) mass is 447 g/mol. The molecule has 0 saturated carbocycles. The van der Waals surface area contributed by atoms with E-state index in [1.807, 2.05) is 60.3 Å². The maximum atomic E-state index is 12.7. The van der Waals surface area contributed by atoms with Crippen molar-refractivity contribution in [2.75, 3.05) is 5.32 Å². The summed E-state index contributed by atoms with van der Waals surface area (Å²) in [6.45, 7) is 4.19. The number of rotatable bonds is 6. The maximum Gasteiger partial charge on any atom is 0.313 e. The number of carbonyl (C=O) groups excluding carboxylic acids is 2. The van der Waals surface area contributed by atoms with Gasteiger partial charge in [0.25, 0.3) is 0 Å². The second-order valence-electron chi connectivity index (χ2n) is 7.94. The highest BCUT2D eigenvalue weighted by atomic mass is 32.1. The first-order valence-corrected chi connectivity index (χ1v) is 11.3. The van der Waals surface area contributed by atoms with Gasteiger partial charge in [0.15, 0.2) is 0 Å². The molecule has 4 rings (SSSR count). The van der Waals surface area contributed by atoms with Gasteiger partial charge in [0.1, 0.15) is 5.82 Å². The first-order valence-electron chi connectivity index (χ1n) is 10.4. The molecule has 0 spiro atoms. The first-order chi connectivity index (χ1) is 15.4. The molecule has 0 fully saturated rings. The number of hydrogen-bond donors (Lipinski definition) is 2. The van der Waals surface area contributed by atoms with E-state index >= 15 is 0 Å². The number of aromatic nitrogens is 3. The van der Waals surface area contributed by atoms with E-state index in [1.165, 1.54) is 0 Å². The van der Waals surface area contributed by atoms with Crippen LogP contribution < -0.4 is 10.6 Å². The van der Waals surface area contributed by atoms with Crippen molar-refractivity contribution < 1.29 is 9.59 Å². The number of amides is 2. The standard InChI is InChI=1S/C24H25N5O2S/c1-15(2)24-28-18-10-9-17(13-20(18)32-24)26-22(30)23(31)27-19(16-7-5-4-6-8-16)14-21-25-11-12-29(21)3/h4-13,15,19H,14H2,1-3H3,(H,26,30)(H,27,31). The fraction of sp³-hybridized carbons (Fsp3) is 0.250. The van der Waals surface area contributed by atoms with E-state index in [4.69, 9.17) is 0 Å². The van der Waals surface area contributed by atoms with Crippen LogP contribution in [0.4, 0.5) is 5.69 Å². The summed E-state index contributed by atoms with van der Waals surface area (Å²) >= 11 is 1.59. The fourth-order valence-corrected chi connectivity index (χ4v) is 4.40. The summed E-state index contributed by atoms with van der Waals surface area (Å²) in [4.78, 5) is 34.3. The Balaban J connectivity index is 1.48. The van der Waals surface area contributed by atoms with Gasteiger partial charge in [0, 0.05) is 37.5 Å². The van der Waals surface area contributed by atoms with Crippen LogP contribution in [0.25, 0.3) is 10.2 Å². The van der Waals surface area contributed by atoms with Crippen LogP contribution >= 0.6 is 11.3 Å². The van der Waals surface area contributed by atoms with E-state index in [9.17, 15) is 9.59 Å². The Morgan fingerprint density at radius 2 is 1.88 bits per heavy atom. The maximum absolute atomic E-state index is 12.7. The molecule has 2 aromatic carbocycles. The van der Waals surface area contributed by atoms with Crippen molar-refractivity contribution in [1.82, 2.24) is 19.9 Å². The van der Waals surface area contributed by atoms with Crippen LogP contribution in [0.5, 0.6) is 0 Å². The predicted octanol–water partition coefficient (Wildman–Crippen LogP) is 4.19. The summed E-state index contributed by atoms with van der Waals surface area (Å²) in [7, 11) is 1.90. The average Bonchev–Trinajstić information content (AvgIpc) is 3.39. The van der Waals surface area contributed by atoms with Crippen molar-refractivity contribution >= 4 is 39.1 Å². The van der Waals surface area contributed by atoms with E-state index in [1.54, 1.807) is 23.6 Å². The number of fused-ring (bicyclic) bond motifs is 1. The third-order valence-corrected chi connectivity index (χ3v) is 6.50. The smallest absolute Gasteiger partial charge is 0.313 e. The number of imidazole rings is 1. The summed E-state index contributed by atoms with van der Waals surface area (Å²) < 4.78 is 2.88. The van der Waals surface area contributed by atoms with Crippen molar-refractivity contribution in [3.63, 3.8) is 0 Å². The molecule has 164 valence electrons. The molecule has 2 amide bonds. The predicted molar refractivity (Wildman–Crippen MR) is 127 cm³/mol. The van der Waals surface area contributed by atoms with Gasteiger partial charge in [-0.2, -0.15) is 0 Å². The number of aryl methyl sites for hydroxylation is 1. The molecule has 2 N–H and O–H groups in total. The molecule has 0 bridgehead atoms. The van der Waals surface area contributed by atoms with Gasteiger partial charge in [-0.15, -0.1) is 11.3 Å². The lowest BCUT2D eigenvalue weighted by Gasteiger charge is -2.19. The summed E-state index contributed by atoms with van der Waals surface area (Å²) in [6, 6.07) is 14.7. The largest absolute Gasteiger partial charge is 0.341 e. The molecular weight excluding hydrogens is 422 g/mol. The van der Waals surface area contributed by atoms with E-state index in [-0.39, 0.29) is 6.04 Å². The number of nitrogens with one attached hydrogen (secondary N) is 2. The molecule has 8 heteroatoms. The van der Waals surface area contributed by atoms with Crippen molar-refractivity contribution in [1.29, 1.82) is 0 Å². The highest BCUT2D eigenvalue weighted by Gasteiger charge is 2.22. The minimum absolute atomic E-state index is 0.338. The highest BCUT2D eigenvalue weighted by molar-refractivity contribution is 7.18. The van der Waals surface area contributed by atoms with Crippen LogP contribution in [0.2, 0.25) is 0 Å². The van der Waals surface area contributed by atoms with E-state index in [2.05, 4.69) is 34.4 Å². The second kappa shape index (κ2) is 9.32. The number of nitrogens with zero attached hydrogens (tertiary/aromatic N) is 3. The van der Waals surface area contributed by atoms with Crippen LogP contribution in [0, 0.1) is 0 Å². The molecule has 0 aliphatic carbocycles. The third-order valence-electron chi connectivity index (χ3n) is 5.18. The number of carbonyl (C=O) groups is 2. The lowest BCUT2D eigenvalue weighted by Crippen LogP contribution is -2.38. The van der Waals surface area contributed by atoms with Crippen LogP contribution in [0.1, 0.15) is 42.2 Å². The van der Waals surface area contributed by atoms with Crippen LogP contribution in [0.3, 0.4) is 0 Å². The molecule has 2 heterocycles. The Kier molecular flexibility index (Phi) is 6.32. The molecule has 1 unspecified atom stereocenters. The molecule has 1 atom stereocenters. The lowest BCUT2D eigenvalue weighted by atomic mass is 10.0. The van der Waals surface area contributed by atoms with E-state index in [0.717, 1.165) is 26.6 Å². The zero-order valence-electron chi connectivity index (χ0n) is 18.2. The quantitative estimate of drug-likeness (QED) is 0.434. The lowest BCUT2D eigenvalue weighted by molar-refractivity contribution is -0.136. The van der Waals surface area contributed by atoms with E-state index < -0.39 is 11.8 Å². The average molecular weight is 448 g/mol. The van der Waals surface area contributed by atoms with Gasteiger partial charge in [-0.05, 0) is 23.8 Å². The Morgan fingerprint density at radius 3 is 2.56 bits per heavy atom. The minimum Gasteiger partial charge on any atom is -0.341 e. The SMILES string of the molecule is CC(C)c1nc2ccc(NC(=O)C(=O)NC(Cc3nccn3C)c3ccccc3)cc2s1. The van der Waals surface area contributed by atoms with Crippen molar-refractivity contribution in [3.05, 3.63) is 77.3 Å². The zero-order chi connectivity index (χ0) is 22.7. The molecule has 0 saturated heterocycles. The Morgan fingerprint density at radius 1 is 1.09 bits per heavy atom. The first kappa shape index (κ1) is 21.7. The fourth-order valence-electron chi connectivity index (χ4n) is 3.39. The Bertz CT molecular complexity index is 1250. The number of hydrogen-bond acceptors (Lipinski definition) is 5. The minimum atomic E-state index is -0.710. The number of benzene rings is 2. The molecular formula is C24H25N5O2S. The van der Waals surface area contributed by atoms with Gasteiger partial charge in [-0.3, -0.25) is 9.59 Å². The van der Waals surface area contributed by atoms with Crippen molar-refractivity contribution in [3.8, 4) is 0 Å². The Labute approximate surface area is 190 Å². The highest BCUT2D eigenvalue weighted by Crippen LogP contribution is 2.29. The summed E-state index contributed by atoms with van der Waals surface area (Å²) in [5.41, 5.74) is 2.36. The number of thiazole rings is 1. The normalized spacial score (nSPS) is 12.1. The molecule has 7 nitrogen and oxygen atoms in total. The van der Waals surface area contributed by atoms with Gasteiger partial charge >= 0.3 is 11.8 Å². The van der Waals surface area contributed by atoms with Crippen molar-refractivity contribution in [2.45, 2.75) is 32.2 Å². The topological polar surface area (TPSA) is 88.9 Å². The second-order valence-corrected chi connectivity index (χ2v) is 9.00. The molecule has 0 aliphatic heterocycles. The molecule has 32 heavy (non-hydrogen) atoms. The van der Waals surface area contributed by atoms with Gasteiger partial charge in [0.2, 0.25) is 0 Å². The summed E-state index contributed by atoms with van der Waals surface area (Å²) in [5, 5.41) is 6.61. The molecule has 0 radical (unpaired) electrons. The summed E-state index contributed by atoms with van der Waals surface area (Å²) in [6.07, 6.45) is 4.04. The summed E-state index contributed by atoms with van der Waals surface area (Å²) in [5.74, 6) is -0.250. The van der Waals surface area contributed by atoms with E-state index in [0.29, 0.717) is 18.0 Å². The molecule has 0 aliphatic rings. The van der Waals surface area contributed by atoms with Crippen molar-refractivity contribution in [2.24, 2.45) is 7.05 Å². The molecule has 4 aromatic rings. The number of anilines is 1. The van der Waals surface area contributed by atoms with Gasteiger partial charge < -0.3 is 15.2 Å². The van der Waals surface area contributed by atoms with Crippen LogP contribution in [-0.2, 0) is 23.1 Å². The zero-order valence-corrected chi connectivity index (χ0v) is 19.0. The molecule has 2 aromatic heterocycles. The third kappa shape index (κ3) is 4.86. The van der Waals surface area contributed by atoms with Gasteiger partial charge in [-0.1, -0.05) is 44.2 Å².